The summed E-state index contributed by atoms with van der Waals surface area (Å²) in [6.07, 6.45) is -2.15. The molecule has 0 spiro atoms. The van der Waals surface area contributed by atoms with Crippen LogP contribution < -0.4 is 4.90 Å². The molecule has 0 unspecified atom stereocenters. The minimum Gasteiger partial charge on any atom is -0.359 e. The predicted molar refractivity (Wildman–Crippen MR) is 58.3 cm³/mol. The van der Waals surface area contributed by atoms with Crippen LogP contribution in [0.1, 0.15) is 23.2 Å². The molecule has 1 aromatic carbocycles. The lowest BCUT2D eigenvalue weighted by atomic mass is 10.1. The Morgan fingerprint density at radius 1 is 1.29 bits per heavy atom. The van der Waals surface area contributed by atoms with E-state index in [1.807, 2.05) is 0 Å². The Labute approximate surface area is 97.0 Å². The van der Waals surface area contributed by atoms with Crippen LogP contribution in [-0.4, -0.2) is 25.0 Å². The molecule has 92 valence electrons. The van der Waals surface area contributed by atoms with Crippen molar-refractivity contribution in [3.63, 3.8) is 0 Å². The molecule has 1 aliphatic carbocycles. The first-order valence-electron chi connectivity index (χ1n) is 5.39. The number of benzene rings is 1. The van der Waals surface area contributed by atoms with Crippen LogP contribution in [0.15, 0.2) is 24.3 Å². The Kier molecular flexibility index (Phi) is 3.09. The monoisotopic (exact) mass is 243 g/mol. The summed E-state index contributed by atoms with van der Waals surface area (Å²) < 4.78 is 37.5. The van der Waals surface area contributed by atoms with Gasteiger partial charge in [0.1, 0.15) is 6.54 Å². The molecule has 0 saturated heterocycles. The average molecular weight is 243 g/mol. The number of halogens is 3. The van der Waals surface area contributed by atoms with Crippen molar-refractivity contribution in [2.75, 3.05) is 11.4 Å². The molecule has 1 aromatic rings. The molecule has 1 saturated carbocycles. The van der Waals surface area contributed by atoms with E-state index in [-0.39, 0.29) is 6.04 Å². The van der Waals surface area contributed by atoms with Gasteiger partial charge >= 0.3 is 6.18 Å². The number of carbonyl (C=O) groups is 1. The Morgan fingerprint density at radius 2 is 1.94 bits per heavy atom. The summed E-state index contributed by atoms with van der Waals surface area (Å²) in [7, 11) is 0. The average Bonchev–Trinajstić information content (AvgIpc) is 3.08. The zero-order valence-corrected chi connectivity index (χ0v) is 9.07. The van der Waals surface area contributed by atoms with Gasteiger partial charge in [0.05, 0.1) is 0 Å². The molecule has 0 aromatic heterocycles. The van der Waals surface area contributed by atoms with Crippen molar-refractivity contribution in [3.05, 3.63) is 29.8 Å². The molecule has 0 radical (unpaired) electrons. The Morgan fingerprint density at radius 3 is 2.47 bits per heavy atom. The summed E-state index contributed by atoms with van der Waals surface area (Å²) in [6, 6.07) is 6.31. The molecule has 2 rings (SSSR count). The van der Waals surface area contributed by atoms with Crippen molar-refractivity contribution in [2.45, 2.75) is 25.1 Å². The van der Waals surface area contributed by atoms with Crippen LogP contribution in [0.4, 0.5) is 18.9 Å². The summed E-state index contributed by atoms with van der Waals surface area (Å²) in [4.78, 5) is 12.1. The van der Waals surface area contributed by atoms with Crippen molar-refractivity contribution in [1.29, 1.82) is 0 Å². The second-order valence-electron chi connectivity index (χ2n) is 4.15. The highest BCUT2D eigenvalue weighted by Gasteiger charge is 2.38. The quantitative estimate of drug-likeness (QED) is 0.757. The van der Waals surface area contributed by atoms with Gasteiger partial charge in [0, 0.05) is 17.3 Å². The maximum atomic E-state index is 12.5. The number of hydrogen-bond acceptors (Lipinski definition) is 2. The lowest BCUT2D eigenvalue weighted by Crippen LogP contribution is -2.36. The molecular weight excluding hydrogens is 231 g/mol. The maximum Gasteiger partial charge on any atom is 0.405 e. The van der Waals surface area contributed by atoms with Crippen molar-refractivity contribution in [3.8, 4) is 0 Å². The fourth-order valence-corrected chi connectivity index (χ4v) is 1.84. The molecule has 0 atom stereocenters. The van der Waals surface area contributed by atoms with E-state index in [9.17, 15) is 18.0 Å². The number of nitrogens with zero attached hydrogens (tertiary/aromatic N) is 1. The van der Waals surface area contributed by atoms with Gasteiger partial charge in [-0.25, -0.2) is 0 Å². The van der Waals surface area contributed by atoms with Gasteiger partial charge in [-0.1, -0.05) is 12.1 Å². The molecule has 5 heteroatoms. The largest absolute Gasteiger partial charge is 0.405 e. The molecule has 0 heterocycles. The van der Waals surface area contributed by atoms with E-state index in [1.54, 1.807) is 18.2 Å². The van der Waals surface area contributed by atoms with Gasteiger partial charge in [-0.2, -0.15) is 13.2 Å². The summed E-state index contributed by atoms with van der Waals surface area (Å²) >= 11 is 0. The van der Waals surface area contributed by atoms with Crippen LogP contribution in [-0.2, 0) is 0 Å². The second kappa shape index (κ2) is 4.39. The number of para-hydroxylation sites is 1. The van der Waals surface area contributed by atoms with Crippen LogP contribution in [0.25, 0.3) is 0 Å². The number of aldehydes is 1. The minimum atomic E-state index is -4.25. The maximum absolute atomic E-state index is 12.5. The highest BCUT2D eigenvalue weighted by molar-refractivity contribution is 5.84. The fraction of sp³-hybridized carbons (Fsp3) is 0.417. The zero-order valence-electron chi connectivity index (χ0n) is 9.07. The predicted octanol–water partition coefficient (Wildman–Crippen LogP) is 3.03. The summed E-state index contributed by atoms with van der Waals surface area (Å²) in [5.41, 5.74) is 0.686. The molecule has 0 amide bonds. The van der Waals surface area contributed by atoms with E-state index >= 15 is 0 Å². The first-order chi connectivity index (χ1) is 8.01. The first-order valence-corrected chi connectivity index (χ1v) is 5.39. The molecule has 1 fully saturated rings. The van der Waals surface area contributed by atoms with E-state index in [1.165, 1.54) is 11.0 Å². The topological polar surface area (TPSA) is 20.3 Å². The molecular formula is C12H12F3NO. The van der Waals surface area contributed by atoms with Crippen molar-refractivity contribution < 1.29 is 18.0 Å². The Hall–Kier alpha value is -1.52. The SMILES string of the molecule is O=Cc1ccccc1N(CC(F)(F)F)C1CC1. The molecule has 2 nitrogen and oxygen atoms in total. The third-order valence-electron chi connectivity index (χ3n) is 2.71. The van der Waals surface area contributed by atoms with Gasteiger partial charge in [0.25, 0.3) is 0 Å². The molecule has 17 heavy (non-hydrogen) atoms. The van der Waals surface area contributed by atoms with Crippen LogP contribution in [0.2, 0.25) is 0 Å². The number of alkyl halides is 3. The normalized spacial score (nSPS) is 15.7. The van der Waals surface area contributed by atoms with Crippen molar-refractivity contribution >= 4 is 12.0 Å². The standard InChI is InChI=1S/C12H12F3NO/c13-12(14,15)8-16(10-5-6-10)11-4-2-1-3-9(11)7-17/h1-4,7,10H,5-6,8H2. The number of anilines is 1. The molecule has 0 bridgehead atoms. The van der Waals surface area contributed by atoms with E-state index < -0.39 is 12.7 Å². The first kappa shape index (κ1) is 12.0. The highest BCUT2D eigenvalue weighted by Crippen LogP contribution is 2.35. The number of carbonyl (C=O) groups excluding carboxylic acids is 1. The number of rotatable bonds is 4. The molecule has 0 aliphatic heterocycles. The fourth-order valence-electron chi connectivity index (χ4n) is 1.84. The second-order valence-corrected chi connectivity index (χ2v) is 4.15. The summed E-state index contributed by atoms with van der Waals surface area (Å²) in [6.45, 7) is -0.998. The van der Waals surface area contributed by atoms with Gasteiger partial charge in [-0.15, -0.1) is 0 Å². The third kappa shape index (κ3) is 2.99. The lowest BCUT2D eigenvalue weighted by Gasteiger charge is -2.26. The van der Waals surface area contributed by atoms with Gasteiger partial charge < -0.3 is 4.90 Å². The minimum absolute atomic E-state index is 0.0854. The van der Waals surface area contributed by atoms with Gasteiger partial charge in [-0.3, -0.25) is 4.79 Å². The van der Waals surface area contributed by atoms with Gasteiger partial charge in [0.2, 0.25) is 0 Å². The van der Waals surface area contributed by atoms with Gasteiger partial charge in [-0.05, 0) is 25.0 Å². The van der Waals surface area contributed by atoms with Gasteiger partial charge in [0.15, 0.2) is 6.29 Å². The number of hydrogen-bond donors (Lipinski definition) is 0. The van der Waals surface area contributed by atoms with Crippen LogP contribution in [0.5, 0.6) is 0 Å². The summed E-state index contributed by atoms with van der Waals surface area (Å²) in [5.74, 6) is 0. The lowest BCUT2D eigenvalue weighted by molar-refractivity contribution is -0.120. The van der Waals surface area contributed by atoms with E-state index in [4.69, 9.17) is 0 Å². The third-order valence-corrected chi connectivity index (χ3v) is 2.71. The van der Waals surface area contributed by atoms with E-state index in [0.29, 0.717) is 17.5 Å². The Balaban J connectivity index is 2.29. The van der Waals surface area contributed by atoms with E-state index in [2.05, 4.69) is 0 Å². The molecule has 1 aliphatic rings. The molecule has 0 N–H and O–H groups in total. The van der Waals surface area contributed by atoms with Crippen LogP contribution in [0, 0.1) is 0 Å². The van der Waals surface area contributed by atoms with Crippen LogP contribution in [0.3, 0.4) is 0 Å². The van der Waals surface area contributed by atoms with Crippen molar-refractivity contribution in [1.82, 2.24) is 0 Å². The zero-order chi connectivity index (χ0) is 12.5. The highest BCUT2D eigenvalue weighted by atomic mass is 19.4. The van der Waals surface area contributed by atoms with E-state index in [0.717, 1.165) is 12.8 Å². The Bertz CT molecular complexity index is 412. The van der Waals surface area contributed by atoms with Crippen molar-refractivity contribution in [2.24, 2.45) is 0 Å². The summed E-state index contributed by atoms with van der Waals surface area (Å²) in [5, 5.41) is 0. The smallest absolute Gasteiger partial charge is 0.359 e. The van der Waals surface area contributed by atoms with Crippen LogP contribution >= 0.6 is 0 Å².